The van der Waals surface area contributed by atoms with E-state index >= 15 is 0 Å². The van der Waals surface area contributed by atoms with Gasteiger partial charge in [-0.2, -0.15) is 0 Å². The Bertz CT molecular complexity index is 1060. The zero-order valence-electron chi connectivity index (χ0n) is 15.8. The molecular weight excluding hydrogens is 362 g/mol. The minimum atomic E-state index is -0.105. The Hall–Kier alpha value is -3.93. The number of rotatable bonds is 7. The number of hydrogen-bond acceptors (Lipinski definition) is 4. The topological polar surface area (TPSA) is 71.8 Å². The second-order valence-electron chi connectivity index (χ2n) is 6.57. The first-order chi connectivity index (χ1) is 14.3. The van der Waals surface area contributed by atoms with Gasteiger partial charge in [-0.05, 0) is 53.6 Å². The van der Waals surface area contributed by atoms with Crippen LogP contribution in [-0.4, -0.2) is 20.4 Å². The van der Waals surface area contributed by atoms with E-state index in [9.17, 15) is 4.79 Å². The van der Waals surface area contributed by atoms with E-state index in [2.05, 4.69) is 20.6 Å². The lowest BCUT2D eigenvalue weighted by Crippen LogP contribution is -2.23. The minimum Gasteiger partial charge on any atom is -0.381 e. The van der Waals surface area contributed by atoms with Gasteiger partial charge in [0.15, 0.2) is 0 Å². The largest absolute Gasteiger partial charge is 0.381 e. The van der Waals surface area contributed by atoms with E-state index in [1.807, 2.05) is 71.4 Å². The van der Waals surface area contributed by atoms with Gasteiger partial charge in [0.2, 0.25) is 0 Å². The van der Waals surface area contributed by atoms with Gasteiger partial charge in [-0.15, -0.1) is 0 Å². The number of nitrogens with one attached hydrogen (secondary N) is 2. The molecule has 0 atom stereocenters. The number of carbonyl (C=O) groups excluding carboxylic acids is 1. The molecule has 29 heavy (non-hydrogen) atoms. The average Bonchev–Trinajstić information content (AvgIpc) is 3.32. The summed E-state index contributed by atoms with van der Waals surface area (Å²) in [4.78, 5) is 20.7. The summed E-state index contributed by atoms with van der Waals surface area (Å²) in [7, 11) is 0. The Morgan fingerprint density at radius 3 is 2.41 bits per heavy atom. The van der Waals surface area contributed by atoms with E-state index in [0.29, 0.717) is 18.7 Å². The standard InChI is InChI=1S/C23H21N5O/c29-23(27-16-20-3-1-2-4-22(20)28-14-13-25-17-28)19-5-7-21(8-6-19)26-15-18-9-11-24-12-10-18/h1-14,17,26H,15-16H2,(H,27,29). The number of nitrogens with zero attached hydrogens (tertiary/aromatic N) is 3. The van der Waals surface area contributed by atoms with Crippen molar-refractivity contribution in [2.24, 2.45) is 0 Å². The van der Waals surface area contributed by atoms with Gasteiger partial charge in [-0.3, -0.25) is 9.78 Å². The number of benzene rings is 2. The van der Waals surface area contributed by atoms with Crippen LogP contribution in [-0.2, 0) is 13.1 Å². The molecule has 0 aliphatic rings. The molecule has 144 valence electrons. The molecule has 0 spiro atoms. The number of imidazole rings is 1. The maximum Gasteiger partial charge on any atom is 0.251 e. The van der Waals surface area contributed by atoms with Crippen LogP contribution in [0.15, 0.2) is 91.8 Å². The summed E-state index contributed by atoms with van der Waals surface area (Å²) in [5, 5.41) is 6.33. The Balaban J connectivity index is 1.36. The van der Waals surface area contributed by atoms with Crippen molar-refractivity contribution < 1.29 is 4.79 Å². The number of aromatic nitrogens is 3. The second kappa shape index (κ2) is 8.84. The monoisotopic (exact) mass is 383 g/mol. The first-order valence-corrected chi connectivity index (χ1v) is 9.37. The molecule has 2 heterocycles. The van der Waals surface area contributed by atoms with E-state index in [-0.39, 0.29) is 5.91 Å². The summed E-state index contributed by atoms with van der Waals surface area (Å²) in [5.74, 6) is -0.105. The fourth-order valence-electron chi connectivity index (χ4n) is 3.04. The van der Waals surface area contributed by atoms with Crippen LogP contribution in [0.5, 0.6) is 0 Å². The van der Waals surface area contributed by atoms with Gasteiger partial charge in [0.1, 0.15) is 0 Å². The molecule has 1 amide bonds. The highest BCUT2D eigenvalue weighted by Gasteiger charge is 2.08. The number of carbonyl (C=O) groups is 1. The third-order valence-corrected chi connectivity index (χ3v) is 4.61. The predicted molar refractivity (Wildman–Crippen MR) is 113 cm³/mol. The molecule has 4 aromatic rings. The van der Waals surface area contributed by atoms with Crippen molar-refractivity contribution >= 4 is 11.6 Å². The van der Waals surface area contributed by atoms with Crippen molar-refractivity contribution in [2.75, 3.05) is 5.32 Å². The highest BCUT2D eigenvalue weighted by atomic mass is 16.1. The maximum absolute atomic E-state index is 12.5. The van der Waals surface area contributed by atoms with Crippen molar-refractivity contribution in [3.8, 4) is 5.69 Å². The fourth-order valence-corrected chi connectivity index (χ4v) is 3.04. The van der Waals surface area contributed by atoms with Gasteiger partial charge in [-0.25, -0.2) is 4.98 Å². The van der Waals surface area contributed by atoms with Gasteiger partial charge in [-0.1, -0.05) is 18.2 Å². The molecule has 0 unspecified atom stereocenters. The van der Waals surface area contributed by atoms with Crippen LogP contribution in [0.25, 0.3) is 5.69 Å². The third-order valence-electron chi connectivity index (χ3n) is 4.61. The quantitative estimate of drug-likeness (QED) is 0.509. The first-order valence-electron chi connectivity index (χ1n) is 9.37. The summed E-state index contributed by atoms with van der Waals surface area (Å²) in [6.45, 7) is 1.15. The molecule has 0 saturated heterocycles. The van der Waals surface area contributed by atoms with Crippen LogP contribution < -0.4 is 10.6 Å². The summed E-state index contributed by atoms with van der Waals surface area (Å²) >= 11 is 0. The van der Waals surface area contributed by atoms with Crippen LogP contribution in [0.1, 0.15) is 21.5 Å². The van der Waals surface area contributed by atoms with Crippen molar-refractivity contribution in [2.45, 2.75) is 13.1 Å². The van der Waals surface area contributed by atoms with Crippen molar-refractivity contribution in [3.05, 3.63) is 108 Å². The Kier molecular flexibility index (Phi) is 5.62. The second-order valence-corrected chi connectivity index (χ2v) is 6.57. The number of pyridine rings is 1. The van der Waals surface area contributed by atoms with E-state index in [1.165, 1.54) is 0 Å². The molecule has 0 aliphatic heterocycles. The summed E-state index contributed by atoms with van der Waals surface area (Å²) in [6, 6.07) is 19.4. The fraction of sp³-hybridized carbons (Fsp3) is 0.0870. The molecule has 0 radical (unpaired) electrons. The average molecular weight is 383 g/mol. The molecule has 0 bridgehead atoms. The molecule has 0 fully saturated rings. The predicted octanol–water partition coefficient (Wildman–Crippen LogP) is 3.81. The molecule has 2 aromatic carbocycles. The molecule has 0 saturated carbocycles. The SMILES string of the molecule is O=C(NCc1ccccc1-n1ccnc1)c1ccc(NCc2ccncc2)cc1. The molecule has 0 aliphatic carbocycles. The van der Waals surface area contributed by atoms with Crippen LogP contribution >= 0.6 is 0 Å². The van der Waals surface area contributed by atoms with E-state index < -0.39 is 0 Å². The number of anilines is 1. The maximum atomic E-state index is 12.5. The first kappa shape index (κ1) is 18.4. The zero-order chi connectivity index (χ0) is 19.9. The molecule has 4 rings (SSSR count). The molecular formula is C23H21N5O. The van der Waals surface area contributed by atoms with Crippen LogP contribution in [0.2, 0.25) is 0 Å². The van der Waals surface area contributed by atoms with Crippen LogP contribution in [0.3, 0.4) is 0 Å². The van der Waals surface area contributed by atoms with Gasteiger partial charge >= 0.3 is 0 Å². The summed E-state index contributed by atoms with van der Waals surface area (Å²) in [6.07, 6.45) is 8.92. The molecule has 2 N–H and O–H groups in total. The third kappa shape index (κ3) is 4.68. The Morgan fingerprint density at radius 1 is 0.862 bits per heavy atom. The van der Waals surface area contributed by atoms with Crippen molar-refractivity contribution in [1.29, 1.82) is 0 Å². The molecule has 6 heteroatoms. The lowest BCUT2D eigenvalue weighted by Gasteiger charge is -2.12. The van der Waals surface area contributed by atoms with Gasteiger partial charge in [0.25, 0.3) is 5.91 Å². The number of hydrogen-bond donors (Lipinski definition) is 2. The van der Waals surface area contributed by atoms with Gasteiger partial charge in [0.05, 0.1) is 12.0 Å². The van der Waals surface area contributed by atoms with E-state index in [4.69, 9.17) is 0 Å². The van der Waals surface area contributed by atoms with Gasteiger partial charge < -0.3 is 15.2 Å². The lowest BCUT2D eigenvalue weighted by molar-refractivity contribution is 0.0951. The Morgan fingerprint density at radius 2 is 1.66 bits per heavy atom. The van der Waals surface area contributed by atoms with E-state index in [0.717, 1.165) is 22.5 Å². The normalized spacial score (nSPS) is 10.5. The number of amides is 1. The summed E-state index contributed by atoms with van der Waals surface area (Å²) < 4.78 is 1.94. The number of para-hydroxylation sites is 1. The lowest BCUT2D eigenvalue weighted by atomic mass is 10.1. The zero-order valence-corrected chi connectivity index (χ0v) is 15.8. The molecule has 6 nitrogen and oxygen atoms in total. The van der Waals surface area contributed by atoms with Gasteiger partial charge in [0, 0.05) is 49.1 Å². The minimum absolute atomic E-state index is 0.105. The smallest absolute Gasteiger partial charge is 0.251 e. The van der Waals surface area contributed by atoms with Crippen LogP contribution in [0, 0.1) is 0 Å². The van der Waals surface area contributed by atoms with Crippen molar-refractivity contribution in [3.63, 3.8) is 0 Å². The molecule has 2 aromatic heterocycles. The van der Waals surface area contributed by atoms with Crippen molar-refractivity contribution in [1.82, 2.24) is 19.9 Å². The Labute approximate surface area is 169 Å². The highest BCUT2D eigenvalue weighted by molar-refractivity contribution is 5.94. The van der Waals surface area contributed by atoms with Crippen LogP contribution in [0.4, 0.5) is 5.69 Å². The van der Waals surface area contributed by atoms with E-state index in [1.54, 1.807) is 24.9 Å². The highest BCUT2D eigenvalue weighted by Crippen LogP contribution is 2.15. The summed E-state index contributed by atoms with van der Waals surface area (Å²) in [5.41, 5.74) is 4.76.